The molecule has 5 heteroatoms. The van der Waals surface area contributed by atoms with Crippen LogP contribution in [-0.2, 0) is 29.0 Å². The van der Waals surface area contributed by atoms with Crippen LogP contribution in [0, 0.1) is 13.8 Å². The summed E-state index contributed by atoms with van der Waals surface area (Å²) < 4.78 is 16.3. The van der Waals surface area contributed by atoms with Gasteiger partial charge >= 0.3 is 5.97 Å². The summed E-state index contributed by atoms with van der Waals surface area (Å²) in [6.45, 7) is 13.5. The zero-order valence-corrected chi connectivity index (χ0v) is 21.5. The molecule has 0 saturated heterocycles. The molecule has 2 aromatic carbocycles. The highest BCUT2D eigenvalue weighted by molar-refractivity contribution is 7.06. The molecule has 3 aromatic rings. The van der Waals surface area contributed by atoms with Gasteiger partial charge in [-0.05, 0) is 85.4 Å². The molecule has 33 heavy (non-hydrogen) atoms. The fourth-order valence-electron chi connectivity index (χ4n) is 3.98. The average molecular weight is 466 g/mol. The molecule has 0 saturated carbocycles. The number of ether oxygens (including phenoxy) is 2. The summed E-state index contributed by atoms with van der Waals surface area (Å²) in [7, 11) is 0. The minimum Gasteiger partial charge on any atom is -0.489 e. The third-order valence-electron chi connectivity index (χ3n) is 6.08. The van der Waals surface area contributed by atoms with E-state index in [1.807, 2.05) is 13.0 Å². The Labute approximate surface area is 202 Å². The zero-order chi connectivity index (χ0) is 24.0. The monoisotopic (exact) mass is 465 g/mol. The van der Waals surface area contributed by atoms with Gasteiger partial charge in [-0.15, -0.1) is 0 Å². The van der Waals surface area contributed by atoms with Crippen molar-refractivity contribution >= 4 is 17.5 Å². The van der Waals surface area contributed by atoms with Gasteiger partial charge in [-0.2, -0.15) is 4.37 Å². The SMILES string of the molecule is CCOC(=O)CCc1ccc(OCc2c(-c3cccc(CC)c3)nsc2C(C)C)c(C)c1C. The molecular formula is C28H35NO3S. The average Bonchev–Trinajstić information content (AvgIpc) is 3.24. The summed E-state index contributed by atoms with van der Waals surface area (Å²) >= 11 is 1.58. The fourth-order valence-corrected chi connectivity index (χ4v) is 4.86. The molecule has 4 nitrogen and oxygen atoms in total. The third-order valence-corrected chi connectivity index (χ3v) is 7.27. The van der Waals surface area contributed by atoms with Gasteiger partial charge in [-0.25, -0.2) is 0 Å². The Kier molecular flexibility index (Phi) is 8.67. The first-order chi connectivity index (χ1) is 15.8. The number of aromatic nitrogens is 1. The Morgan fingerprint density at radius 2 is 1.88 bits per heavy atom. The topological polar surface area (TPSA) is 48.4 Å². The Balaban J connectivity index is 1.82. The third kappa shape index (κ3) is 6.02. The molecule has 0 amide bonds. The van der Waals surface area contributed by atoms with Crippen LogP contribution in [0.4, 0.5) is 0 Å². The van der Waals surface area contributed by atoms with Gasteiger partial charge in [0.2, 0.25) is 0 Å². The lowest BCUT2D eigenvalue weighted by Crippen LogP contribution is -2.07. The van der Waals surface area contributed by atoms with Crippen molar-refractivity contribution in [3.63, 3.8) is 0 Å². The summed E-state index contributed by atoms with van der Waals surface area (Å²) in [5.41, 5.74) is 8.10. The molecule has 0 aliphatic rings. The maximum absolute atomic E-state index is 11.7. The van der Waals surface area contributed by atoms with Gasteiger partial charge in [0, 0.05) is 22.4 Å². The second kappa shape index (κ2) is 11.5. The summed E-state index contributed by atoms with van der Waals surface area (Å²) in [4.78, 5) is 13.0. The molecule has 0 spiro atoms. The van der Waals surface area contributed by atoms with Crippen molar-refractivity contribution in [2.45, 2.75) is 73.3 Å². The van der Waals surface area contributed by atoms with Crippen LogP contribution in [0.5, 0.6) is 5.75 Å². The van der Waals surface area contributed by atoms with Gasteiger partial charge in [0.25, 0.3) is 0 Å². The number of nitrogens with zero attached hydrogens (tertiary/aromatic N) is 1. The first kappa shape index (κ1) is 25.0. The molecule has 0 unspecified atom stereocenters. The summed E-state index contributed by atoms with van der Waals surface area (Å²) in [5, 5.41) is 0. The van der Waals surface area contributed by atoms with Crippen molar-refractivity contribution in [1.82, 2.24) is 4.37 Å². The van der Waals surface area contributed by atoms with Crippen LogP contribution in [0.2, 0.25) is 0 Å². The van der Waals surface area contributed by atoms with E-state index in [0.717, 1.165) is 34.6 Å². The minimum atomic E-state index is -0.152. The molecule has 0 radical (unpaired) electrons. The van der Waals surface area contributed by atoms with Gasteiger partial charge in [0.05, 0.1) is 12.3 Å². The fraction of sp³-hybridized carbons (Fsp3) is 0.429. The van der Waals surface area contributed by atoms with E-state index < -0.39 is 0 Å². The molecule has 176 valence electrons. The number of hydrogen-bond donors (Lipinski definition) is 0. The highest BCUT2D eigenvalue weighted by Gasteiger charge is 2.19. The summed E-state index contributed by atoms with van der Waals surface area (Å²) in [6, 6.07) is 12.7. The highest BCUT2D eigenvalue weighted by Crippen LogP contribution is 2.35. The van der Waals surface area contributed by atoms with E-state index in [-0.39, 0.29) is 5.97 Å². The van der Waals surface area contributed by atoms with E-state index in [1.165, 1.54) is 21.6 Å². The molecule has 3 rings (SSSR count). The Hall–Kier alpha value is -2.66. The largest absolute Gasteiger partial charge is 0.489 e. The number of carbonyl (C=O) groups excluding carboxylic acids is 1. The van der Waals surface area contributed by atoms with E-state index in [9.17, 15) is 4.79 Å². The van der Waals surface area contributed by atoms with E-state index in [4.69, 9.17) is 13.8 Å². The van der Waals surface area contributed by atoms with Crippen LogP contribution in [-0.4, -0.2) is 16.9 Å². The molecule has 0 aliphatic carbocycles. The van der Waals surface area contributed by atoms with Gasteiger partial charge in [0.1, 0.15) is 12.4 Å². The standard InChI is InChI=1S/C28H35NO3S/c1-7-21-10-9-11-23(16-21)27-24(28(18(3)4)33-29-27)17-32-25-14-12-22(19(5)20(25)6)13-15-26(30)31-8-2/h9-12,14,16,18H,7-8,13,15,17H2,1-6H3. The van der Waals surface area contributed by atoms with Crippen LogP contribution in [0.1, 0.15) is 72.7 Å². The Morgan fingerprint density at radius 3 is 2.58 bits per heavy atom. The van der Waals surface area contributed by atoms with Crippen LogP contribution in [0.3, 0.4) is 0 Å². The van der Waals surface area contributed by atoms with Crippen molar-refractivity contribution in [3.8, 4) is 17.0 Å². The lowest BCUT2D eigenvalue weighted by atomic mass is 9.98. The molecule has 0 bridgehead atoms. The molecule has 0 fully saturated rings. The van der Waals surface area contributed by atoms with E-state index in [1.54, 1.807) is 11.5 Å². The molecular weight excluding hydrogens is 430 g/mol. The van der Waals surface area contributed by atoms with Crippen molar-refractivity contribution in [2.75, 3.05) is 6.61 Å². The predicted octanol–water partition coefficient (Wildman–Crippen LogP) is 7.19. The predicted molar refractivity (Wildman–Crippen MR) is 136 cm³/mol. The van der Waals surface area contributed by atoms with Gasteiger partial charge < -0.3 is 9.47 Å². The first-order valence-electron chi connectivity index (χ1n) is 11.8. The summed E-state index contributed by atoms with van der Waals surface area (Å²) in [6.07, 6.45) is 2.07. The van der Waals surface area contributed by atoms with Gasteiger partial charge in [-0.1, -0.05) is 45.0 Å². The number of rotatable bonds is 10. The normalized spacial score (nSPS) is 11.1. The van der Waals surface area contributed by atoms with E-state index in [0.29, 0.717) is 32.0 Å². The van der Waals surface area contributed by atoms with Crippen LogP contribution in [0.25, 0.3) is 11.3 Å². The maximum atomic E-state index is 11.7. The van der Waals surface area contributed by atoms with E-state index in [2.05, 4.69) is 65.0 Å². The van der Waals surface area contributed by atoms with Crippen molar-refractivity contribution in [1.29, 1.82) is 0 Å². The Morgan fingerprint density at radius 1 is 1.09 bits per heavy atom. The Bertz CT molecular complexity index is 1100. The second-order valence-corrected chi connectivity index (χ2v) is 9.45. The highest BCUT2D eigenvalue weighted by atomic mass is 32.1. The maximum Gasteiger partial charge on any atom is 0.306 e. The smallest absolute Gasteiger partial charge is 0.306 e. The number of esters is 1. The number of aryl methyl sites for hydroxylation is 2. The number of benzene rings is 2. The zero-order valence-electron chi connectivity index (χ0n) is 20.7. The minimum absolute atomic E-state index is 0.152. The van der Waals surface area contributed by atoms with E-state index >= 15 is 0 Å². The second-order valence-electron chi connectivity index (χ2n) is 8.65. The van der Waals surface area contributed by atoms with Gasteiger partial charge in [-0.3, -0.25) is 4.79 Å². The van der Waals surface area contributed by atoms with Crippen molar-refractivity contribution in [3.05, 3.63) is 69.1 Å². The lowest BCUT2D eigenvalue weighted by Gasteiger charge is -2.16. The lowest BCUT2D eigenvalue weighted by molar-refractivity contribution is -0.143. The summed E-state index contributed by atoms with van der Waals surface area (Å²) in [5.74, 6) is 1.11. The van der Waals surface area contributed by atoms with Gasteiger partial charge in [0.15, 0.2) is 0 Å². The van der Waals surface area contributed by atoms with Crippen LogP contribution < -0.4 is 4.74 Å². The molecule has 0 aliphatic heterocycles. The quantitative estimate of drug-likeness (QED) is 0.297. The molecule has 1 aromatic heterocycles. The first-order valence-corrected chi connectivity index (χ1v) is 12.6. The molecule has 0 N–H and O–H groups in total. The molecule has 1 heterocycles. The number of carbonyl (C=O) groups is 1. The molecule has 0 atom stereocenters. The van der Waals surface area contributed by atoms with Crippen molar-refractivity contribution < 1.29 is 14.3 Å². The van der Waals surface area contributed by atoms with Crippen LogP contribution in [0.15, 0.2) is 36.4 Å². The van der Waals surface area contributed by atoms with Crippen LogP contribution >= 0.6 is 11.5 Å². The van der Waals surface area contributed by atoms with Crippen molar-refractivity contribution in [2.24, 2.45) is 0 Å². The number of hydrogen-bond acceptors (Lipinski definition) is 5.